The van der Waals surface area contributed by atoms with Crippen molar-refractivity contribution in [3.05, 3.63) is 76.5 Å². The van der Waals surface area contributed by atoms with Gasteiger partial charge in [-0.3, -0.25) is 9.78 Å². The van der Waals surface area contributed by atoms with Gasteiger partial charge in [-0.15, -0.1) is 0 Å². The number of carbonyl (C=O) groups is 2. The Hall–Kier alpha value is -3.15. The molecule has 6 heteroatoms. The maximum Gasteiger partial charge on any atom is 0.339 e. The van der Waals surface area contributed by atoms with Crippen molar-refractivity contribution in [1.29, 1.82) is 0 Å². The number of aryl methyl sites for hydroxylation is 1. The molecule has 0 fully saturated rings. The van der Waals surface area contributed by atoms with Gasteiger partial charge in [0.1, 0.15) is 11.6 Å². The molecule has 3 aromatic rings. The number of benzene rings is 2. The van der Waals surface area contributed by atoms with E-state index in [2.05, 4.69) is 4.98 Å². The van der Waals surface area contributed by atoms with Crippen LogP contribution in [0.5, 0.6) is 0 Å². The molecule has 2 aromatic carbocycles. The lowest BCUT2D eigenvalue weighted by molar-refractivity contribution is 0.0474. The highest BCUT2D eigenvalue weighted by atomic mass is 19.1. The van der Waals surface area contributed by atoms with Gasteiger partial charge in [0.25, 0.3) is 0 Å². The van der Waals surface area contributed by atoms with E-state index >= 15 is 0 Å². The molecule has 0 N–H and O–H groups in total. The number of hydrogen-bond donors (Lipinski definition) is 0. The highest BCUT2D eigenvalue weighted by Gasteiger charge is 2.25. The predicted molar refractivity (Wildman–Crippen MR) is 94.7 cm³/mol. The molecule has 27 heavy (non-hydrogen) atoms. The molecule has 1 aliphatic rings. The summed E-state index contributed by atoms with van der Waals surface area (Å²) >= 11 is 0. The number of ketones is 1. The van der Waals surface area contributed by atoms with E-state index in [1.54, 1.807) is 12.1 Å². The smallest absolute Gasteiger partial charge is 0.339 e. The third-order valence-electron chi connectivity index (χ3n) is 4.69. The number of esters is 1. The normalized spacial score (nSPS) is 12.8. The molecule has 0 bridgehead atoms. The van der Waals surface area contributed by atoms with Crippen LogP contribution in [0.1, 0.15) is 38.4 Å². The summed E-state index contributed by atoms with van der Waals surface area (Å²) < 4.78 is 32.1. The molecule has 1 aliphatic carbocycles. The van der Waals surface area contributed by atoms with E-state index in [4.69, 9.17) is 4.74 Å². The van der Waals surface area contributed by atoms with Crippen molar-refractivity contribution in [3.63, 3.8) is 0 Å². The number of fused-ring (bicyclic) bond motifs is 2. The van der Waals surface area contributed by atoms with Gasteiger partial charge in [0.05, 0.1) is 16.6 Å². The second kappa shape index (κ2) is 6.87. The summed E-state index contributed by atoms with van der Waals surface area (Å²) in [6.45, 7) is -0.662. The first-order valence-electron chi connectivity index (χ1n) is 8.60. The quantitative estimate of drug-likeness (QED) is 0.516. The third-order valence-corrected chi connectivity index (χ3v) is 4.69. The van der Waals surface area contributed by atoms with E-state index in [1.807, 2.05) is 12.1 Å². The molecule has 4 nitrogen and oxygen atoms in total. The van der Waals surface area contributed by atoms with Crippen LogP contribution in [0, 0.1) is 11.6 Å². The fourth-order valence-corrected chi connectivity index (χ4v) is 3.44. The van der Waals surface area contributed by atoms with Crippen molar-refractivity contribution >= 4 is 22.7 Å². The lowest BCUT2D eigenvalue weighted by Crippen LogP contribution is -2.17. The van der Waals surface area contributed by atoms with E-state index < -0.39 is 35.6 Å². The van der Waals surface area contributed by atoms with E-state index in [0.717, 1.165) is 42.3 Å². The van der Waals surface area contributed by atoms with E-state index in [0.29, 0.717) is 22.9 Å². The minimum atomic E-state index is -0.854. The Morgan fingerprint density at radius 2 is 1.89 bits per heavy atom. The number of aromatic nitrogens is 1. The topological polar surface area (TPSA) is 56.3 Å². The zero-order valence-electron chi connectivity index (χ0n) is 14.3. The number of carbonyl (C=O) groups excluding carboxylic acids is 2. The monoisotopic (exact) mass is 367 g/mol. The van der Waals surface area contributed by atoms with Crippen LogP contribution in [-0.2, 0) is 17.6 Å². The number of para-hydroxylation sites is 1. The molecule has 0 aliphatic heterocycles. The summed E-state index contributed by atoms with van der Waals surface area (Å²) in [6, 6.07) is 9.82. The van der Waals surface area contributed by atoms with Crippen LogP contribution >= 0.6 is 0 Å². The lowest BCUT2D eigenvalue weighted by atomic mass is 10.0. The third kappa shape index (κ3) is 3.18. The second-order valence-corrected chi connectivity index (χ2v) is 6.41. The second-order valence-electron chi connectivity index (χ2n) is 6.41. The zero-order chi connectivity index (χ0) is 19.0. The Bertz CT molecular complexity index is 1080. The summed E-state index contributed by atoms with van der Waals surface area (Å²) in [5.74, 6) is -3.04. The average molecular weight is 367 g/mol. The molecule has 0 saturated carbocycles. The molecule has 0 unspecified atom stereocenters. The van der Waals surface area contributed by atoms with E-state index in [1.165, 1.54) is 0 Å². The number of pyridine rings is 1. The van der Waals surface area contributed by atoms with Gasteiger partial charge in [-0.05, 0) is 49.1 Å². The van der Waals surface area contributed by atoms with Gasteiger partial charge in [0.15, 0.2) is 6.61 Å². The van der Waals surface area contributed by atoms with Crippen LogP contribution in [0.4, 0.5) is 8.78 Å². The van der Waals surface area contributed by atoms with Gasteiger partial charge in [0, 0.05) is 11.1 Å². The largest absolute Gasteiger partial charge is 0.454 e. The van der Waals surface area contributed by atoms with Gasteiger partial charge >= 0.3 is 5.97 Å². The van der Waals surface area contributed by atoms with Gasteiger partial charge in [0.2, 0.25) is 5.78 Å². The molecule has 0 radical (unpaired) electrons. The van der Waals surface area contributed by atoms with Crippen LogP contribution in [0.3, 0.4) is 0 Å². The van der Waals surface area contributed by atoms with E-state index in [9.17, 15) is 18.4 Å². The van der Waals surface area contributed by atoms with Crippen molar-refractivity contribution in [1.82, 2.24) is 4.98 Å². The Morgan fingerprint density at radius 3 is 2.74 bits per heavy atom. The predicted octanol–water partition coefficient (Wildman–Crippen LogP) is 4.04. The maximum atomic E-state index is 13.7. The minimum Gasteiger partial charge on any atom is -0.454 e. The van der Waals surface area contributed by atoms with Gasteiger partial charge in [-0.1, -0.05) is 18.2 Å². The zero-order valence-corrected chi connectivity index (χ0v) is 14.3. The number of Topliss-reactive ketones (excluding diaryl/α,β-unsaturated/α-hetero) is 1. The van der Waals surface area contributed by atoms with Crippen molar-refractivity contribution in [3.8, 4) is 0 Å². The van der Waals surface area contributed by atoms with Gasteiger partial charge in [-0.2, -0.15) is 0 Å². The van der Waals surface area contributed by atoms with Crippen molar-refractivity contribution < 1.29 is 23.1 Å². The van der Waals surface area contributed by atoms with Crippen molar-refractivity contribution in [2.45, 2.75) is 19.3 Å². The Morgan fingerprint density at radius 1 is 1.07 bits per heavy atom. The van der Waals surface area contributed by atoms with Crippen LogP contribution in [0.2, 0.25) is 0 Å². The maximum absolute atomic E-state index is 13.7. The van der Waals surface area contributed by atoms with E-state index in [-0.39, 0.29) is 0 Å². The molecular weight excluding hydrogens is 352 g/mol. The lowest BCUT2D eigenvalue weighted by Gasteiger charge is -2.12. The SMILES string of the molecule is O=C(COC(=O)c1c2c(nc3ccccc13)CCC2)c1cc(F)ccc1F. The number of ether oxygens (including phenoxy) is 1. The van der Waals surface area contributed by atoms with Crippen molar-refractivity contribution in [2.75, 3.05) is 6.61 Å². The standard InChI is InChI=1S/C21H15F2NO3/c22-12-8-9-16(23)15(10-12)19(25)11-27-21(26)20-13-4-1-2-6-17(13)24-18-7-3-5-14(18)20/h1-2,4,6,8-10H,3,5,7,11H2. The van der Waals surface area contributed by atoms with Gasteiger partial charge < -0.3 is 4.74 Å². The molecule has 4 rings (SSSR count). The fourth-order valence-electron chi connectivity index (χ4n) is 3.44. The molecule has 136 valence electrons. The molecule has 1 aromatic heterocycles. The first-order valence-corrected chi connectivity index (χ1v) is 8.60. The first kappa shape index (κ1) is 17.3. The summed E-state index contributed by atoms with van der Waals surface area (Å²) in [5, 5.41) is 0.660. The summed E-state index contributed by atoms with van der Waals surface area (Å²) in [4.78, 5) is 29.5. The summed E-state index contributed by atoms with van der Waals surface area (Å²) in [6.07, 6.45) is 2.39. The average Bonchev–Trinajstić information content (AvgIpc) is 3.13. The van der Waals surface area contributed by atoms with Crippen LogP contribution in [-0.4, -0.2) is 23.3 Å². The fraction of sp³-hybridized carbons (Fsp3) is 0.190. The van der Waals surface area contributed by atoms with Crippen molar-refractivity contribution in [2.24, 2.45) is 0 Å². The van der Waals surface area contributed by atoms with Crippen LogP contribution in [0.15, 0.2) is 42.5 Å². The van der Waals surface area contributed by atoms with Gasteiger partial charge in [-0.25, -0.2) is 13.6 Å². The summed E-state index contributed by atoms with van der Waals surface area (Å²) in [5.41, 5.74) is 2.35. The number of nitrogens with zero attached hydrogens (tertiary/aromatic N) is 1. The molecule has 1 heterocycles. The number of rotatable bonds is 4. The van der Waals surface area contributed by atoms with Crippen LogP contribution in [0.25, 0.3) is 10.9 Å². The highest BCUT2D eigenvalue weighted by Crippen LogP contribution is 2.30. The molecule has 0 spiro atoms. The number of halogens is 2. The Labute approximate surface area is 153 Å². The molecule has 0 amide bonds. The molecular formula is C21H15F2NO3. The highest BCUT2D eigenvalue weighted by molar-refractivity contribution is 6.06. The molecule has 0 atom stereocenters. The van der Waals surface area contributed by atoms with Crippen LogP contribution < -0.4 is 0 Å². The number of hydrogen-bond acceptors (Lipinski definition) is 4. The Balaban J connectivity index is 1.62. The summed E-state index contributed by atoms with van der Waals surface area (Å²) in [7, 11) is 0. The first-order chi connectivity index (χ1) is 13.0. The molecule has 0 saturated heterocycles. The minimum absolute atomic E-state index is 0.403. The Kier molecular flexibility index (Phi) is 4.39.